The van der Waals surface area contributed by atoms with Gasteiger partial charge in [0.2, 0.25) is 0 Å². The molecule has 1 N–H and O–H groups in total. The number of anilines is 1. The van der Waals surface area contributed by atoms with Crippen LogP contribution >= 0.6 is 0 Å². The monoisotopic (exact) mass is 329 g/mol. The fraction of sp³-hybridized carbons (Fsp3) is 0.235. The van der Waals surface area contributed by atoms with Gasteiger partial charge in [0, 0.05) is 6.54 Å². The maximum absolute atomic E-state index is 12.6. The van der Waals surface area contributed by atoms with Crippen molar-refractivity contribution in [1.82, 2.24) is 9.55 Å². The van der Waals surface area contributed by atoms with E-state index in [4.69, 9.17) is 0 Å². The van der Waals surface area contributed by atoms with Gasteiger partial charge in [-0.15, -0.1) is 0 Å². The van der Waals surface area contributed by atoms with E-state index in [1.54, 1.807) is 24.3 Å². The first-order valence-electron chi connectivity index (χ1n) is 7.47. The minimum absolute atomic E-state index is 0.217. The maximum atomic E-state index is 12.6. The van der Waals surface area contributed by atoms with E-state index in [2.05, 4.69) is 14.3 Å². The summed E-state index contributed by atoms with van der Waals surface area (Å²) in [7, 11) is -3.64. The molecule has 0 unspecified atom stereocenters. The van der Waals surface area contributed by atoms with Crippen molar-refractivity contribution in [1.29, 1.82) is 0 Å². The highest BCUT2D eigenvalue weighted by atomic mass is 32.2. The third-order valence-electron chi connectivity index (χ3n) is 3.93. The Morgan fingerprint density at radius 1 is 1.13 bits per heavy atom. The lowest BCUT2D eigenvalue weighted by Gasteiger charge is -2.10. The smallest absolute Gasteiger partial charge is 0.261 e. The molecule has 0 bridgehead atoms. The number of hydrogen-bond donors (Lipinski definition) is 1. The van der Waals surface area contributed by atoms with Crippen LogP contribution in [0, 0.1) is 13.8 Å². The molecule has 0 saturated carbocycles. The van der Waals surface area contributed by atoms with Crippen LogP contribution in [0.15, 0.2) is 47.4 Å². The Hall–Kier alpha value is -2.34. The lowest BCUT2D eigenvalue weighted by Crippen LogP contribution is -2.13. The number of sulfonamides is 1. The van der Waals surface area contributed by atoms with E-state index < -0.39 is 10.0 Å². The second-order valence-corrected chi connectivity index (χ2v) is 7.16. The Bertz CT molecular complexity index is 975. The van der Waals surface area contributed by atoms with E-state index in [-0.39, 0.29) is 4.90 Å². The van der Waals surface area contributed by atoms with Crippen LogP contribution in [0.5, 0.6) is 0 Å². The fourth-order valence-electron chi connectivity index (χ4n) is 2.69. The van der Waals surface area contributed by atoms with Crippen LogP contribution in [-0.2, 0) is 16.6 Å². The summed E-state index contributed by atoms with van der Waals surface area (Å²) in [6.45, 7) is 6.63. The summed E-state index contributed by atoms with van der Waals surface area (Å²) in [6, 6.07) is 12.4. The summed E-state index contributed by atoms with van der Waals surface area (Å²) in [5, 5.41) is 0. The first-order valence-corrected chi connectivity index (χ1v) is 8.96. The van der Waals surface area contributed by atoms with E-state index in [1.165, 1.54) is 0 Å². The summed E-state index contributed by atoms with van der Waals surface area (Å²) >= 11 is 0. The highest BCUT2D eigenvalue weighted by Crippen LogP contribution is 2.23. The predicted molar refractivity (Wildman–Crippen MR) is 92.1 cm³/mol. The van der Waals surface area contributed by atoms with Gasteiger partial charge in [0.05, 0.1) is 21.6 Å². The van der Waals surface area contributed by atoms with E-state index in [0.29, 0.717) is 11.2 Å². The molecule has 2 aromatic carbocycles. The van der Waals surface area contributed by atoms with Crippen LogP contribution in [-0.4, -0.2) is 18.0 Å². The Morgan fingerprint density at radius 2 is 1.87 bits per heavy atom. The molecule has 0 saturated heterocycles. The molecule has 0 aliphatic rings. The van der Waals surface area contributed by atoms with Gasteiger partial charge in [0.1, 0.15) is 5.82 Å². The first-order chi connectivity index (χ1) is 10.9. The number of para-hydroxylation sites is 1. The number of aryl methyl sites for hydroxylation is 3. The molecule has 0 fully saturated rings. The molecule has 5 nitrogen and oxygen atoms in total. The standard InChI is InChI=1S/C17H19N3O2S/c1-4-20-13(3)18-16-11-14(9-10-17(16)20)23(21,22)19-15-8-6-5-7-12(15)2/h5-11,19H,4H2,1-3H3. The van der Waals surface area contributed by atoms with Crippen molar-refractivity contribution < 1.29 is 8.42 Å². The zero-order valence-corrected chi connectivity index (χ0v) is 14.2. The van der Waals surface area contributed by atoms with Gasteiger partial charge < -0.3 is 4.57 Å². The molecule has 3 rings (SSSR count). The normalized spacial score (nSPS) is 11.8. The number of imidazole rings is 1. The van der Waals surface area contributed by atoms with Crippen molar-refractivity contribution in [2.24, 2.45) is 0 Å². The summed E-state index contributed by atoms with van der Waals surface area (Å²) < 4.78 is 29.9. The van der Waals surface area contributed by atoms with Crippen LogP contribution in [0.3, 0.4) is 0 Å². The highest BCUT2D eigenvalue weighted by Gasteiger charge is 2.17. The second kappa shape index (κ2) is 5.70. The largest absolute Gasteiger partial charge is 0.329 e. The molecule has 0 amide bonds. The number of nitrogens with one attached hydrogen (secondary N) is 1. The number of nitrogens with zero attached hydrogens (tertiary/aromatic N) is 2. The molecule has 3 aromatic rings. The van der Waals surface area contributed by atoms with Crippen LogP contribution in [0.2, 0.25) is 0 Å². The third-order valence-corrected chi connectivity index (χ3v) is 5.29. The Kier molecular flexibility index (Phi) is 3.85. The first kappa shape index (κ1) is 15.6. The van der Waals surface area contributed by atoms with Crippen molar-refractivity contribution in [2.75, 3.05) is 4.72 Å². The summed E-state index contributed by atoms with van der Waals surface area (Å²) in [4.78, 5) is 4.67. The van der Waals surface area contributed by atoms with Crippen molar-refractivity contribution >= 4 is 26.7 Å². The molecule has 0 radical (unpaired) electrons. The molecular formula is C17H19N3O2S. The van der Waals surface area contributed by atoms with Gasteiger partial charge in [-0.3, -0.25) is 4.72 Å². The molecule has 6 heteroatoms. The second-order valence-electron chi connectivity index (χ2n) is 5.47. The van der Waals surface area contributed by atoms with Crippen LogP contribution in [0.25, 0.3) is 11.0 Å². The predicted octanol–water partition coefficient (Wildman–Crippen LogP) is 3.47. The molecule has 1 heterocycles. The minimum atomic E-state index is -3.64. The van der Waals surface area contributed by atoms with Crippen LogP contribution < -0.4 is 4.72 Å². The quantitative estimate of drug-likeness (QED) is 0.797. The third kappa shape index (κ3) is 2.82. The Labute approximate surface area is 136 Å². The Balaban J connectivity index is 2.03. The number of hydrogen-bond acceptors (Lipinski definition) is 3. The summed E-state index contributed by atoms with van der Waals surface area (Å²) in [6.07, 6.45) is 0. The molecule has 120 valence electrons. The summed E-state index contributed by atoms with van der Waals surface area (Å²) in [5.74, 6) is 0.879. The lowest BCUT2D eigenvalue weighted by molar-refractivity contribution is 0.601. The molecule has 0 atom stereocenters. The van der Waals surface area contributed by atoms with Crippen molar-refractivity contribution in [2.45, 2.75) is 32.2 Å². The van der Waals surface area contributed by atoms with E-state index in [9.17, 15) is 8.42 Å². The minimum Gasteiger partial charge on any atom is -0.329 e. The van der Waals surface area contributed by atoms with Crippen molar-refractivity contribution in [3.05, 3.63) is 53.9 Å². The maximum Gasteiger partial charge on any atom is 0.261 e. The zero-order valence-electron chi connectivity index (χ0n) is 13.4. The average Bonchev–Trinajstić information content (AvgIpc) is 2.83. The van der Waals surface area contributed by atoms with E-state index in [0.717, 1.165) is 23.4 Å². The van der Waals surface area contributed by atoms with Gasteiger partial charge in [0.25, 0.3) is 10.0 Å². The van der Waals surface area contributed by atoms with Crippen LogP contribution in [0.1, 0.15) is 18.3 Å². The van der Waals surface area contributed by atoms with Crippen molar-refractivity contribution in [3.63, 3.8) is 0 Å². The number of fused-ring (bicyclic) bond motifs is 1. The van der Waals surface area contributed by atoms with Gasteiger partial charge in [-0.1, -0.05) is 18.2 Å². The molecule has 0 spiro atoms. The van der Waals surface area contributed by atoms with E-state index >= 15 is 0 Å². The molecule has 0 aliphatic carbocycles. The van der Waals surface area contributed by atoms with Crippen molar-refractivity contribution in [3.8, 4) is 0 Å². The van der Waals surface area contributed by atoms with Gasteiger partial charge in [-0.25, -0.2) is 13.4 Å². The molecule has 0 aliphatic heterocycles. The fourth-order valence-corrected chi connectivity index (χ4v) is 3.84. The van der Waals surface area contributed by atoms with Gasteiger partial charge in [-0.2, -0.15) is 0 Å². The van der Waals surface area contributed by atoms with Gasteiger partial charge in [0.15, 0.2) is 0 Å². The number of benzene rings is 2. The summed E-state index contributed by atoms with van der Waals surface area (Å²) in [5.41, 5.74) is 3.10. The Morgan fingerprint density at radius 3 is 2.57 bits per heavy atom. The zero-order chi connectivity index (χ0) is 16.6. The van der Waals surface area contributed by atoms with E-state index in [1.807, 2.05) is 39.0 Å². The molecular weight excluding hydrogens is 310 g/mol. The average molecular weight is 329 g/mol. The molecule has 1 aromatic heterocycles. The van der Waals surface area contributed by atoms with Crippen LogP contribution in [0.4, 0.5) is 5.69 Å². The topological polar surface area (TPSA) is 64.0 Å². The van der Waals surface area contributed by atoms with Gasteiger partial charge >= 0.3 is 0 Å². The lowest BCUT2D eigenvalue weighted by atomic mass is 10.2. The SMILES string of the molecule is CCn1c(C)nc2cc(S(=O)(=O)Nc3ccccc3C)ccc21. The molecule has 23 heavy (non-hydrogen) atoms. The highest BCUT2D eigenvalue weighted by molar-refractivity contribution is 7.92. The number of aromatic nitrogens is 2. The number of rotatable bonds is 4. The van der Waals surface area contributed by atoms with Gasteiger partial charge in [-0.05, 0) is 50.6 Å².